The molecule has 0 amide bonds. The van der Waals surface area contributed by atoms with E-state index in [9.17, 15) is 0 Å². The first-order valence-electron chi connectivity index (χ1n) is 15.7. The molecule has 0 fully saturated rings. The van der Waals surface area contributed by atoms with Gasteiger partial charge >= 0.3 is 0 Å². The molecule has 0 atom stereocenters. The monoisotopic (exact) mass is 548 g/mol. The SMILES string of the molecule is CCCC[N+](CCCC)(CCCC)CCCC.[F-].c1cnc2nc(CCCc3ccc4[nH]ccc4c3)ccc2c1. The molecule has 0 aliphatic carbocycles. The molecule has 0 saturated heterocycles. The largest absolute Gasteiger partial charge is 1.00 e. The molecule has 1 N–H and O–H groups in total. The number of hydrogen-bond acceptors (Lipinski definition) is 2. The van der Waals surface area contributed by atoms with E-state index in [1.807, 2.05) is 18.3 Å². The summed E-state index contributed by atoms with van der Waals surface area (Å²) in [5, 5.41) is 2.38. The lowest BCUT2D eigenvalue weighted by Crippen LogP contribution is -3.00. The Morgan fingerprint density at radius 3 is 1.95 bits per heavy atom. The van der Waals surface area contributed by atoms with Crippen LogP contribution in [0.5, 0.6) is 0 Å². The number of unbranched alkanes of at least 4 members (excludes halogenated alkanes) is 4. The summed E-state index contributed by atoms with van der Waals surface area (Å²) in [5.41, 5.74) is 4.54. The highest BCUT2D eigenvalue weighted by Gasteiger charge is 2.24. The number of aromatic nitrogens is 3. The molecule has 3 aromatic heterocycles. The summed E-state index contributed by atoms with van der Waals surface area (Å²) in [7, 11) is 0. The minimum Gasteiger partial charge on any atom is -1.00 e. The first-order chi connectivity index (χ1) is 19.1. The summed E-state index contributed by atoms with van der Waals surface area (Å²) in [5.74, 6) is 0. The Morgan fingerprint density at radius 1 is 0.675 bits per heavy atom. The van der Waals surface area contributed by atoms with Crippen molar-refractivity contribution in [2.45, 2.75) is 98.3 Å². The summed E-state index contributed by atoms with van der Waals surface area (Å²) in [6.45, 7) is 15.0. The number of nitrogens with zero attached hydrogens (tertiary/aromatic N) is 3. The number of H-pyrrole nitrogens is 1. The number of hydrogen-bond donors (Lipinski definition) is 1. The molecule has 220 valence electrons. The van der Waals surface area contributed by atoms with Crippen LogP contribution in [-0.2, 0) is 12.8 Å². The van der Waals surface area contributed by atoms with Crippen LogP contribution in [0.3, 0.4) is 0 Å². The van der Waals surface area contributed by atoms with E-state index in [0.29, 0.717) is 0 Å². The van der Waals surface area contributed by atoms with E-state index in [-0.39, 0.29) is 4.70 Å². The molecular weight excluding hydrogens is 495 g/mol. The molecule has 4 nitrogen and oxygen atoms in total. The van der Waals surface area contributed by atoms with E-state index in [1.54, 1.807) is 6.20 Å². The number of fused-ring (bicyclic) bond motifs is 2. The van der Waals surface area contributed by atoms with E-state index in [1.165, 1.54) is 98.5 Å². The Morgan fingerprint density at radius 2 is 1.32 bits per heavy atom. The van der Waals surface area contributed by atoms with Crippen molar-refractivity contribution >= 4 is 21.9 Å². The van der Waals surface area contributed by atoms with Crippen molar-refractivity contribution in [3.63, 3.8) is 0 Å². The van der Waals surface area contributed by atoms with Crippen LogP contribution in [0.2, 0.25) is 0 Å². The predicted molar refractivity (Wildman–Crippen MR) is 169 cm³/mol. The zero-order valence-electron chi connectivity index (χ0n) is 25.6. The van der Waals surface area contributed by atoms with Gasteiger partial charge in [0.05, 0.1) is 26.2 Å². The second-order valence-corrected chi connectivity index (χ2v) is 11.3. The molecule has 0 unspecified atom stereocenters. The lowest BCUT2D eigenvalue weighted by atomic mass is 10.0. The molecule has 4 aromatic rings. The summed E-state index contributed by atoms with van der Waals surface area (Å²) >= 11 is 0. The van der Waals surface area contributed by atoms with Gasteiger partial charge < -0.3 is 14.2 Å². The van der Waals surface area contributed by atoms with Crippen molar-refractivity contribution in [3.05, 3.63) is 72.2 Å². The van der Waals surface area contributed by atoms with Crippen LogP contribution in [0, 0.1) is 0 Å². The number of aryl methyl sites for hydroxylation is 2. The lowest BCUT2D eigenvalue weighted by molar-refractivity contribution is -0.929. The zero-order chi connectivity index (χ0) is 27.8. The molecule has 5 heteroatoms. The number of rotatable bonds is 16. The van der Waals surface area contributed by atoms with Crippen LogP contribution in [0.25, 0.3) is 21.9 Å². The van der Waals surface area contributed by atoms with Crippen LogP contribution in [-0.4, -0.2) is 45.6 Å². The molecule has 0 aliphatic heterocycles. The third-order valence-corrected chi connectivity index (χ3v) is 7.98. The molecule has 0 aliphatic rings. The van der Waals surface area contributed by atoms with Gasteiger partial charge in [-0.1, -0.05) is 59.4 Å². The maximum Gasteiger partial charge on any atom is 0.159 e. The maximum atomic E-state index is 4.63. The summed E-state index contributed by atoms with van der Waals surface area (Å²) in [6.07, 6.45) is 18.0. The smallest absolute Gasteiger partial charge is 0.159 e. The first-order valence-corrected chi connectivity index (χ1v) is 15.7. The van der Waals surface area contributed by atoms with Crippen molar-refractivity contribution in [1.82, 2.24) is 15.0 Å². The molecule has 3 heterocycles. The Labute approximate surface area is 242 Å². The van der Waals surface area contributed by atoms with Crippen LogP contribution in [0.15, 0.2) is 60.9 Å². The Kier molecular flexibility index (Phi) is 15.5. The number of benzene rings is 1. The van der Waals surface area contributed by atoms with Gasteiger partial charge in [-0.25, -0.2) is 9.97 Å². The van der Waals surface area contributed by atoms with Crippen LogP contribution < -0.4 is 4.70 Å². The van der Waals surface area contributed by atoms with Crippen molar-refractivity contribution in [1.29, 1.82) is 0 Å². The van der Waals surface area contributed by atoms with Gasteiger partial charge in [-0.05, 0) is 98.4 Å². The van der Waals surface area contributed by atoms with Crippen LogP contribution in [0.1, 0.15) is 96.7 Å². The Balaban J connectivity index is 0.000000285. The van der Waals surface area contributed by atoms with Crippen molar-refractivity contribution < 1.29 is 9.19 Å². The van der Waals surface area contributed by atoms with Crippen molar-refractivity contribution in [3.8, 4) is 0 Å². The number of nitrogens with one attached hydrogen (secondary N) is 1. The van der Waals surface area contributed by atoms with Gasteiger partial charge in [0.25, 0.3) is 0 Å². The third-order valence-electron chi connectivity index (χ3n) is 7.98. The highest BCUT2D eigenvalue weighted by molar-refractivity contribution is 5.79. The second kappa shape index (κ2) is 18.5. The highest BCUT2D eigenvalue weighted by Crippen LogP contribution is 2.18. The molecule has 0 bridgehead atoms. The van der Waals surface area contributed by atoms with Gasteiger partial charge in [-0.2, -0.15) is 0 Å². The lowest BCUT2D eigenvalue weighted by Gasteiger charge is -2.39. The molecular formula is C35H53FN4. The average Bonchev–Trinajstić information content (AvgIpc) is 3.45. The fourth-order valence-corrected chi connectivity index (χ4v) is 5.51. The Bertz CT molecular complexity index is 1180. The topological polar surface area (TPSA) is 41.6 Å². The van der Waals surface area contributed by atoms with Crippen LogP contribution in [0.4, 0.5) is 0 Å². The summed E-state index contributed by atoms with van der Waals surface area (Å²) in [4.78, 5) is 12.2. The van der Waals surface area contributed by atoms with Gasteiger partial charge in [-0.15, -0.1) is 0 Å². The molecule has 4 rings (SSSR count). The minimum absolute atomic E-state index is 0. The van der Waals surface area contributed by atoms with Gasteiger partial charge in [0.15, 0.2) is 5.65 Å². The van der Waals surface area contributed by atoms with E-state index in [2.05, 4.69) is 79.0 Å². The van der Waals surface area contributed by atoms with Crippen molar-refractivity contribution in [2.24, 2.45) is 0 Å². The number of quaternary nitrogens is 1. The fraction of sp³-hybridized carbons (Fsp3) is 0.543. The average molecular weight is 549 g/mol. The third kappa shape index (κ3) is 10.6. The van der Waals surface area contributed by atoms with Crippen molar-refractivity contribution in [2.75, 3.05) is 26.2 Å². The minimum atomic E-state index is 0. The predicted octanol–water partition coefficient (Wildman–Crippen LogP) is 6.29. The molecule has 0 saturated carbocycles. The molecule has 1 aromatic carbocycles. The standard InChI is InChI=1S/C19H17N3.C16H36N.FH/c1(3-14-6-9-18-16(13-14)10-12-20-18)5-17-8-7-15-4-2-11-21-19(15)22-17;1-5-9-13-17(14-10-6-2,15-11-7-3)16-12-8-4;/h2,4,6-13,20H,1,3,5H2;5-16H2,1-4H3;1H/q;+1;/p-1. The quantitative estimate of drug-likeness (QED) is 0.167. The summed E-state index contributed by atoms with van der Waals surface area (Å²) in [6, 6.07) is 17.0. The number of halogens is 1. The van der Waals surface area contributed by atoms with Gasteiger partial charge in [0, 0.05) is 29.0 Å². The molecule has 0 radical (unpaired) electrons. The highest BCUT2D eigenvalue weighted by atomic mass is 19.0. The van der Waals surface area contributed by atoms with Crippen LogP contribution >= 0.6 is 0 Å². The van der Waals surface area contributed by atoms with E-state index < -0.39 is 0 Å². The van der Waals surface area contributed by atoms with E-state index >= 15 is 0 Å². The van der Waals surface area contributed by atoms with Gasteiger partial charge in [0.2, 0.25) is 0 Å². The molecule has 0 spiro atoms. The van der Waals surface area contributed by atoms with Gasteiger partial charge in [0.1, 0.15) is 0 Å². The zero-order valence-corrected chi connectivity index (χ0v) is 25.6. The maximum absolute atomic E-state index is 4.63. The van der Waals surface area contributed by atoms with E-state index in [0.717, 1.165) is 36.0 Å². The molecule has 40 heavy (non-hydrogen) atoms. The summed E-state index contributed by atoms with van der Waals surface area (Å²) < 4.78 is 1.42. The first kappa shape index (κ1) is 33.4. The fourth-order valence-electron chi connectivity index (χ4n) is 5.51. The second-order valence-electron chi connectivity index (χ2n) is 11.3. The Hall–Kier alpha value is -2.79. The normalized spacial score (nSPS) is 11.3. The number of aromatic amines is 1. The van der Waals surface area contributed by atoms with Gasteiger partial charge in [-0.3, -0.25) is 0 Å². The van der Waals surface area contributed by atoms with E-state index in [4.69, 9.17) is 0 Å². The number of pyridine rings is 2.